The second-order valence-corrected chi connectivity index (χ2v) is 22.2. The number of aromatic nitrogens is 3. The lowest BCUT2D eigenvalue weighted by atomic mass is 9.89. The standard InChI is InChI=1S/C49H80N8O9S2/c1-14-32(6)41(37(64-12)27-38(58)57-26-20-23-36(57)43(65-13)33(7)44(60)51-34(8)42(59)35-21-16-15-17-22-35)55(10)46(62)39(30(2)3)52-45(61)40(31(4)5)56(11)48(63)66-28-49(24-18-19-25-49)68-67-47-53-50-29-54(47)9/h15-17,21-22,29-34,36-37,39-43,59H,14,18-20,23-28H2,1-13H3,(H,51,60)(H,52,61)/t32-,33+,34+,36-,37+,39-,40-,41-,42+,43+/m0/s1. The molecule has 0 unspecified atom stereocenters. The first-order valence-corrected chi connectivity index (χ1v) is 26.4. The van der Waals surface area contributed by atoms with E-state index in [0.717, 1.165) is 37.3 Å². The van der Waals surface area contributed by atoms with Gasteiger partial charge in [0.1, 0.15) is 25.0 Å². The minimum Gasteiger partial charge on any atom is -0.448 e. The maximum Gasteiger partial charge on any atom is 0.410 e. The number of carbonyl (C=O) groups is 5. The van der Waals surface area contributed by atoms with Crippen molar-refractivity contribution < 1.29 is 43.3 Å². The van der Waals surface area contributed by atoms with Crippen molar-refractivity contribution in [2.45, 2.75) is 165 Å². The highest BCUT2D eigenvalue weighted by Gasteiger charge is 2.44. The Morgan fingerprint density at radius 3 is 2.13 bits per heavy atom. The summed E-state index contributed by atoms with van der Waals surface area (Å²) in [5.74, 6) is -2.67. The van der Waals surface area contributed by atoms with Gasteiger partial charge in [0.2, 0.25) is 28.8 Å². The zero-order valence-electron chi connectivity index (χ0n) is 42.7. The van der Waals surface area contributed by atoms with E-state index in [1.54, 1.807) is 62.0 Å². The number of aliphatic hydroxyl groups is 1. The number of ether oxygens (including phenoxy) is 3. The Morgan fingerprint density at radius 1 is 0.912 bits per heavy atom. The molecule has 1 aliphatic heterocycles. The van der Waals surface area contributed by atoms with Crippen LogP contribution in [0.2, 0.25) is 0 Å². The summed E-state index contributed by atoms with van der Waals surface area (Å²) in [7, 11) is 11.4. The highest BCUT2D eigenvalue weighted by atomic mass is 33.1. The molecule has 3 N–H and O–H groups in total. The quantitative estimate of drug-likeness (QED) is 0.0944. The summed E-state index contributed by atoms with van der Waals surface area (Å²) in [5, 5.41) is 25.8. The van der Waals surface area contributed by atoms with Gasteiger partial charge in [-0.3, -0.25) is 24.1 Å². The van der Waals surface area contributed by atoms with Crippen molar-refractivity contribution in [2.75, 3.05) is 41.5 Å². The molecule has 0 radical (unpaired) electrons. The Morgan fingerprint density at radius 2 is 1.57 bits per heavy atom. The molecule has 2 heterocycles. The zero-order chi connectivity index (χ0) is 50.5. The summed E-state index contributed by atoms with van der Waals surface area (Å²) in [6, 6.07) is 5.76. The summed E-state index contributed by atoms with van der Waals surface area (Å²) in [5.41, 5.74) is 0.694. The Hall–Kier alpha value is -3.91. The van der Waals surface area contributed by atoms with Crippen LogP contribution in [0.25, 0.3) is 0 Å². The van der Waals surface area contributed by atoms with E-state index in [1.165, 1.54) is 22.8 Å². The van der Waals surface area contributed by atoms with Crippen LogP contribution >= 0.6 is 21.6 Å². The van der Waals surface area contributed by atoms with Crippen molar-refractivity contribution >= 4 is 51.3 Å². The molecular formula is C49H80N8O9S2. The van der Waals surface area contributed by atoms with Crippen LogP contribution in [0.5, 0.6) is 0 Å². The number of aliphatic hydroxyl groups excluding tert-OH is 1. The van der Waals surface area contributed by atoms with Crippen LogP contribution in [-0.4, -0.2) is 153 Å². The van der Waals surface area contributed by atoms with Gasteiger partial charge in [0.05, 0.1) is 53.5 Å². The number of hydrogen-bond donors (Lipinski definition) is 3. The average Bonchev–Trinajstić information content (AvgIpc) is 4.10. The first-order valence-electron chi connectivity index (χ1n) is 24.3. The number of hydrogen-bond acceptors (Lipinski definition) is 13. The molecule has 1 aromatic carbocycles. The number of methoxy groups -OCH3 is 2. The minimum atomic E-state index is -0.955. The van der Waals surface area contributed by atoms with Crippen LogP contribution in [0.1, 0.15) is 118 Å². The lowest BCUT2D eigenvalue weighted by Crippen LogP contribution is -2.60. The van der Waals surface area contributed by atoms with Crippen LogP contribution < -0.4 is 10.6 Å². The molecule has 1 saturated heterocycles. The minimum absolute atomic E-state index is 0.0311. The number of benzene rings is 1. The van der Waals surface area contributed by atoms with Crippen LogP contribution in [0.15, 0.2) is 41.8 Å². The van der Waals surface area contributed by atoms with E-state index < -0.39 is 60.4 Å². The van der Waals surface area contributed by atoms with E-state index in [9.17, 15) is 29.1 Å². The smallest absolute Gasteiger partial charge is 0.410 e. The zero-order valence-corrected chi connectivity index (χ0v) is 44.3. The van der Waals surface area contributed by atoms with E-state index >= 15 is 0 Å². The number of aryl methyl sites for hydroxylation is 1. The van der Waals surface area contributed by atoms with Crippen molar-refractivity contribution in [3.05, 3.63) is 42.2 Å². The molecule has 17 nitrogen and oxygen atoms in total. The highest BCUT2D eigenvalue weighted by Crippen LogP contribution is 2.49. The number of amides is 5. The summed E-state index contributed by atoms with van der Waals surface area (Å²) >= 11 is 0. The number of likely N-dealkylation sites (tertiary alicyclic amines) is 1. The maximum atomic E-state index is 14.7. The molecule has 0 spiro atoms. The second kappa shape index (κ2) is 26.3. The molecule has 68 heavy (non-hydrogen) atoms. The molecule has 2 aliphatic rings. The number of nitrogens with one attached hydrogen (secondary N) is 2. The van der Waals surface area contributed by atoms with Crippen LogP contribution in [0.3, 0.4) is 0 Å². The molecular weight excluding hydrogens is 909 g/mol. The van der Waals surface area contributed by atoms with Gasteiger partial charge in [0.15, 0.2) is 0 Å². The Balaban J connectivity index is 1.44. The molecule has 1 aliphatic carbocycles. The molecule has 1 saturated carbocycles. The first kappa shape index (κ1) is 56.7. The predicted octanol–water partition coefficient (Wildman–Crippen LogP) is 6.26. The van der Waals surface area contributed by atoms with E-state index in [1.807, 2.05) is 83.5 Å². The Kier molecular flexibility index (Phi) is 22.0. The van der Waals surface area contributed by atoms with E-state index in [4.69, 9.17) is 14.2 Å². The third kappa shape index (κ3) is 14.3. The molecule has 1 aromatic heterocycles. The first-order chi connectivity index (χ1) is 32.2. The SMILES string of the molecule is CC[C@H](C)[C@@H]([C@@H](CC(=O)N1CCC[C@H]1[C@H](OC)[C@@H](C)C(=O)N[C@H](C)[C@@H](O)c1ccccc1)OC)N(C)C(=O)[C@@H](NC(=O)[C@H](C(C)C)N(C)C(=O)OCC1(SSc2nncn2C)CCCC1)C(C)C. The molecule has 2 fully saturated rings. The number of rotatable bonds is 25. The number of likely N-dealkylation sites (N-methyl/N-ethyl adjacent to an activating group) is 2. The van der Waals surface area contributed by atoms with Gasteiger partial charge in [0, 0.05) is 41.9 Å². The van der Waals surface area contributed by atoms with Gasteiger partial charge in [-0.05, 0) is 66.7 Å². The fourth-order valence-corrected chi connectivity index (χ4v) is 12.6. The van der Waals surface area contributed by atoms with Gasteiger partial charge in [-0.2, -0.15) is 0 Å². The van der Waals surface area contributed by atoms with Crippen LogP contribution in [0.4, 0.5) is 4.79 Å². The molecule has 4 rings (SSSR count). The Bertz CT molecular complexity index is 1940. The van der Waals surface area contributed by atoms with Crippen molar-refractivity contribution in [2.24, 2.45) is 30.7 Å². The molecule has 382 valence electrons. The van der Waals surface area contributed by atoms with Gasteiger partial charge in [-0.15, -0.1) is 10.2 Å². The topological polar surface area (TPSA) is 198 Å². The lowest BCUT2D eigenvalue weighted by Gasteiger charge is -2.41. The average molecular weight is 989 g/mol. The van der Waals surface area contributed by atoms with Crippen molar-refractivity contribution in [3.63, 3.8) is 0 Å². The highest BCUT2D eigenvalue weighted by molar-refractivity contribution is 8.77. The van der Waals surface area contributed by atoms with E-state index in [-0.39, 0.29) is 59.3 Å². The summed E-state index contributed by atoms with van der Waals surface area (Å²) in [4.78, 5) is 75.4. The number of carbonyl (C=O) groups excluding carboxylic acids is 5. The second-order valence-electron chi connectivity index (χ2n) is 19.6. The lowest BCUT2D eigenvalue weighted by molar-refractivity contribution is -0.148. The summed E-state index contributed by atoms with van der Waals surface area (Å²) in [6.07, 6.45) is 4.61. The normalized spacial score (nSPS) is 19.9. The molecule has 2 aromatic rings. The largest absolute Gasteiger partial charge is 0.448 e. The van der Waals surface area contributed by atoms with Gasteiger partial charge in [-0.25, -0.2) is 4.79 Å². The van der Waals surface area contributed by atoms with Gasteiger partial charge in [-0.1, -0.05) is 109 Å². The molecule has 10 atom stereocenters. The van der Waals surface area contributed by atoms with Crippen molar-refractivity contribution in [1.29, 1.82) is 0 Å². The monoisotopic (exact) mass is 989 g/mol. The Labute approximate surface area is 412 Å². The summed E-state index contributed by atoms with van der Waals surface area (Å²) in [6.45, 7) is 15.6. The number of nitrogens with zero attached hydrogens (tertiary/aromatic N) is 6. The van der Waals surface area contributed by atoms with Gasteiger partial charge in [0.25, 0.3) is 0 Å². The van der Waals surface area contributed by atoms with Crippen LogP contribution in [0, 0.1) is 23.7 Å². The fraction of sp³-hybridized carbons (Fsp3) is 0.735. The van der Waals surface area contributed by atoms with Gasteiger partial charge >= 0.3 is 6.09 Å². The van der Waals surface area contributed by atoms with Crippen molar-refractivity contribution in [3.8, 4) is 0 Å². The molecule has 19 heteroatoms. The third-order valence-electron chi connectivity index (χ3n) is 14.0. The molecule has 5 amide bonds. The van der Waals surface area contributed by atoms with Crippen molar-refractivity contribution in [1.82, 2.24) is 40.1 Å². The van der Waals surface area contributed by atoms with E-state index in [0.29, 0.717) is 24.9 Å². The predicted molar refractivity (Wildman–Crippen MR) is 265 cm³/mol. The third-order valence-corrected chi connectivity index (χ3v) is 17.3. The van der Waals surface area contributed by atoms with Crippen LogP contribution in [-0.2, 0) is 40.4 Å². The fourth-order valence-electron chi connectivity index (χ4n) is 9.73. The van der Waals surface area contributed by atoms with E-state index in [2.05, 4.69) is 20.8 Å². The summed E-state index contributed by atoms with van der Waals surface area (Å²) < 4.78 is 19.5. The molecule has 0 bridgehead atoms. The van der Waals surface area contributed by atoms with Gasteiger partial charge < -0.3 is 44.3 Å². The maximum absolute atomic E-state index is 14.7.